The third kappa shape index (κ3) is 4.97. The normalized spacial score (nSPS) is 16.6. The molecule has 0 unspecified atom stereocenters. The van der Waals surface area contributed by atoms with Gasteiger partial charge in [-0.25, -0.2) is 0 Å². The number of thiophene rings is 1. The molecule has 2 aromatic rings. The predicted molar refractivity (Wildman–Crippen MR) is 108 cm³/mol. The highest BCUT2D eigenvalue weighted by molar-refractivity contribution is 7.10. The van der Waals surface area contributed by atoms with E-state index in [1.54, 1.807) is 11.3 Å². The number of rotatable bonds is 8. The van der Waals surface area contributed by atoms with E-state index < -0.39 is 5.54 Å². The number of nitrogens with zero attached hydrogens (tertiary/aromatic N) is 1. The molecule has 27 heavy (non-hydrogen) atoms. The number of nitrogens with one attached hydrogen (secondary N) is 1. The molecule has 1 fully saturated rings. The van der Waals surface area contributed by atoms with Crippen LogP contribution in [0.1, 0.15) is 61.1 Å². The summed E-state index contributed by atoms with van der Waals surface area (Å²) in [4.78, 5) is 13.8. The summed E-state index contributed by atoms with van der Waals surface area (Å²) >= 11 is 1.71. The fourth-order valence-corrected chi connectivity index (χ4v) is 4.70. The third-order valence-corrected chi connectivity index (χ3v) is 6.27. The lowest BCUT2D eigenvalue weighted by Crippen LogP contribution is -2.88. The topological polar surface area (TPSA) is 69.5 Å². The molecular formula is C22H28N3OS+. The molecule has 4 nitrogen and oxygen atoms in total. The lowest BCUT2D eigenvalue weighted by molar-refractivity contribution is -0.676. The van der Waals surface area contributed by atoms with Crippen molar-refractivity contribution in [3.8, 4) is 6.07 Å². The molecule has 0 radical (unpaired) electrons. The molecule has 1 saturated carbocycles. The number of aryl methyl sites for hydroxylation is 1. The SMILES string of the molecule is CCCc1ccc([C@@H]([NH2+]CC(=O)NC2(C#N)CCCC2)c2cccs2)cc1. The molecule has 1 heterocycles. The average molecular weight is 383 g/mol. The van der Waals surface area contributed by atoms with Crippen LogP contribution in [0.2, 0.25) is 0 Å². The van der Waals surface area contributed by atoms with Crippen LogP contribution in [-0.2, 0) is 11.2 Å². The monoisotopic (exact) mass is 382 g/mol. The van der Waals surface area contributed by atoms with Crippen molar-refractivity contribution in [2.75, 3.05) is 6.54 Å². The Bertz CT molecular complexity index is 771. The van der Waals surface area contributed by atoms with E-state index in [1.165, 1.54) is 16.0 Å². The number of nitrogens with two attached hydrogens (primary N) is 1. The quantitative estimate of drug-likeness (QED) is 0.735. The number of quaternary nitrogens is 1. The first kappa shape index (κ1) is 19.6. The second-order valence-electron chi connectivity index (χ2n) is 7.37. The van der Waals surface area contributed by atoms with Crippen LogP contribution < -0.4 is 10.6 Å². The van der Waals surface area contributed by atoms with Gasteiger partial charge in [0, 0.05) is 5.56 Å². The lowest BCUT2D eigenvalue weighted by Gasteiger charge is -2.22. The van der Waals surface area contributed by atoms with Crippen LogP contribution in [0.25, 0.3) is 0 Å². The lowest BCUT2D eigenvalue weighted by atomic mass is 9.99. The third-order valence-electron chi connectivity index (χ3n) is 5.32. The number of hydrogen-bond donors (Lipinski definition) is 2. The maximum Gasteiger partial charge on any atom is 0.276 e. The number of carbonyl (C=O) groups excluding carboxylic acids is 1. The van der Waals surface area contributed by atoms with Crippen molar-refractivity contribution in [1.82, 2.24) is 5.32 Å². The average Bonchev–Trinajstić information content (AvgIpc) is 3.36. The molecule has 1 aliphatic rings. The Morgan fingerprint density at radius 1 is 1.30 bits per heavy atom. The smallest absolute Gasteiger partial charge is 0.276 e. The molecular weight excluding hydrogens is 354 g/mol. The highest BCUT2D eigenvalue weighted by Crippen LogP contribution is 2.28. The number of hydrogen-bond acceptors (Lipinski definition) is 3. The molecule has 0 spiro atoms. The number of carbonyl (C=O) groups is 1. The first-order valence-corrected chi connectivity index (χ1v) is 10.7. The van der Waals surface area contributed by atoms with Crippen molar-refractivity contribution >= 4 is 17.2 Å². The maximum atomic E-state index is 12.5. The van der Waals surface area contributed by atoms with Crippen LogP contribution in [0.3, 0.4) is 0 Å². The molecule has 0 saturated heterocycles. The Hall–Kier alpha value is -2.16. The Morgan fingerprint density at radius 3 is 2.63 bits per heavy atom. The van der Waals surface area contributed by atoms with Gasteiger partial charge in [-0.15, -0.1) is 11.3 Å². The summed E-state index contributed by atoms with van der Waals surface area (Å²) in [7, 11) is 0. The zero-order valence-corrected chi connectivity index (χ0v) is 16.7. The summed E-state index contributed by atoms with van der Waals surface area (Å²) in [5, 5.41) is 16.6. The molecule has 1 amide bonds. The van der Waals surface area contributed by atoms with Crippen molar-refractivity contribution in [3.05, 3.63) is 57.8 Å². The molecule has 0 aliphatic heterocycles. The number of benzene rings is 1. The van der Waals surface area contributed by atoms with E-state index in [1.807, 2.05) is 0 Å². The Morgan fingerprint density at radius 2 is 2.04 bits per heavy atom. The van der Waals surface area contributed by atoms with E-state index in [9.17, 15) is 10.1 Å². The van der Waals surface area contributed by atoms with Crippen molar-refractivity contribution in [1.29, 1.82) is 5.26 Å². The first-order valence-electron chi connectivity index (χ1n) is 9.83. The van der Waals surface area contributed by atoms with E-state index in [2.05, 4.69) is 65.4 Å². The van der Waals surface area contributed by atoms with Crippen LogP contribution in [0, 0.1) is 11.3 Å². The van der Waals surface area contributed by atoms with Crippen LogP contribution in [0.5, 0.6) is 0 Å². The van der Waals surface area contributed by atoms with Crippen molar-refractivity contribution in [3.63, 3.8) is 0 Å². The minimum Gasteiger partial charge on any atom is -0.333 e. The van der Waals surface area contributed by atoms with Crippen molar-refractivity contribution in [2.45, 2.75) is 57.0 Å². The van der Waals surface area contributed by atoms with E-state index in [4.69, 9.17) is 0 Å². The molecule has 1 atom stereocenters. The number of nitriles is 1. The standard InChI is InChI=1S/C22H27N3OS/c1-2-6-17-8-10-18(11-9-17)21(19-7-5-14-27-19)24-15-20(26)25-22(16-23)12-3-4-13-22/h5,7-11,14,21,24H,2-4,6,12-13,15H2,1H3,(H,25,26)/p+1/t21-/m1/s1. The largest absolute Gasteiger partial charge is 0.333 e. The molecule has 0 bridgehead atoms. The van der Waals surface area contributed by atoms with Gasteiger partial charge in [-0.1, -0.05) is 43.7 Å². The van der Waals surface area contributed by atoms with Gasteiger partial charge in [0.15, 0.2) is 6.54 Å². The molecule has 3 N–H and O–H groups in total. The van der Waals surface area contributed by atoms with Crippen LogP contribution in [0.4, 0.5) is 0 Å². The molecule has 142 valence electrons. The van der Waals surface area contributed by atoms with Crippen molar-refractivity contribution < 1.29 is 10.1 Å². The molecule has 1 aliphatic carbocycles. The summed E-state index contributed by atoms with van der Waals surface area (Å²) < 4.78 is 0. The fraction of sp³-hybridized carbons (Fsp3) is 0.455. The Kier molecular flexibility index (Phi) is 6.65. The summed E-state index contributed by atoms with van der Waals surface area (Å²) in [5.74, 6) is -0.0531. The Balaban J connectivity index is 1.67. The van der Waals surface area contributed by atoms with Gasteiger partial charge in [0.2, 0.25) is 0 Å². The van der Waals surface area contributed by atoms with Gasteiger partial charge in [-0.3, -0.25) is 4.79 Å². The number of amides is 1. The molecule has 1 aromatic carbocycles. The summed E-state index contributed by atoms with van der Waals surface area (Å²) in [5.41, 5.74) is 1.91. The maximum absolute atomic E-state index is 12.5. The minimum absolute atomic E-state index is 0.0531. The summed E-state index contributed by atoms with van der Waals surface area (Å²) in [6.45, 7) is 2.51. The van der Waals surface area contributed by atoms with Gasteiger partial charge in [-0.2, -0.15) is 5.26 Å². The van der Waals surface area contributed by atoms with Crippen LogP contribution in [0.15, 0.2) is 41.8 Å². The van der Waals surface area contributed by atoms with E-state index in [0.29, 0.717) is 6.54 Å². The first-order chi connectivity index (χ1) is 13.2. The predicted octanol–water partition coefficient (Wildman–Crippen LogP) is 3.31. The van der Waals surface area contributed by atoms with Crippen LogP contribution >= 0.6 is 11.3 Å². The van der Waals surface area contributed by atoms with Gasteiger partial charge in [-0.05, 0) is 49.1 Å². The van der Waals surface area contributed by atoms with Gasteiger partial charge in [0.05, 0.1) is 10.9 Å². The van der Waals surface area contributed by atoms with E-state index in [-0.39, 0.29) is 11.9 Å². The Labute approximate surface area is 165 Å². The summed E-state index contributed by atoms with van der Waals surface area (Å²) in [6, 6.07) is 15.3. The summed E-state index contributed by atoms with van der Waals surface area (Å²) in [6.07, 6.45) is 5.79. The van der Waals surface area contributed by atoms with Crippen molar-refractivity contribution in [2.24, 2.45) is 0 Å². The van der Waals surface area contributed by atoms with Gasteiger partial charge in [0.25, 0.3) is 5.91 Å². The second-order valence-corrected chi connectivity index (χ2v) is 8.35. The van der Waals surface area contributed by atoms with E-state index in [0.717, 1.165) is 38.5 Å². The highest BCUT2D eigenvalue weighted by Gasteiger charge is 2.35. The molecule has 1 aromatic heterocycles. The van der Waals surface area contributed by atoms with E-state index >= 15 is 0 Å². The highest BCUT2D eigenvalue weighted by atomic mass is 32.1. The van der Waals surface area contributed by atoms with Gasteiger partial charge < -0.3 is 10.6 Å². The zero-order chi connectivity index (χ0) is 19.1. The fourth-order valence-electron chi connectivity index (χ4n) is 3.85. The zero-order valence-electron chi connectivity index (χ0n) is 15.9. The van der Waals surface area contributed by atoms with Gasteiger partial charge >= 0.3 is 0 Å². The molecule has 3 rings (SSSR count). The van der Waals surface area contributed by atoms with Gasteiger partial charge in [0.1, 0.15) is 11.6 Å². The van der Waals surface area contributed by atoms with Crippen LogP contribution in [-0.4, -0.2) is 18.0 Å². The second kappa shape index (κ2) is 9.16. The minimum atomic E-state index is -0.648. The molecule has 5 heteroatoms.